The van der Waals surface area contributed by atoms with Gasteiger partial charge in [-0.1, -0.05) is 296 Å². The molecule has 0 bridgehead atoms. The van der Waals surface area contributed by atoms with Gasteiger partial charge in [0.15, 0.2) is 0 Å². The molecule has 10 heteroatoms. The standard InChI is InChI=1S/C67H131N2O7P/c1-7-10-13-16-19-22-25-28-30-31-32-33-34-35-36-37-39-42-45-48-51-54-57-60-67(71)76-65(58-55-52-49-46-43-40-27-24-21-18-15-12-9-3)64(63-75-77(72,73)74-62-61-69(4,5)6)68-66(70)59-56-53-50-47-44-41-38-29-26-23-20-17-14-11-8-2/h23,26,55,58,64-65H,7-22,24-25,27-54,56-57,59-63H2,1-6H3,(H-,68,70,72,73)/b26-23-,58-55-. The van der Waals surface area contributed by atoms with Gasteiger partial charge in [0, 0.05) is 12.8 Å². The van der Waals surface area contributed by atoms with E-state index in [1.54, 1.807) is 0 Å². The van der Waals surface area contributed by atoms with Gasteiger partial charge in [0.25, 0.3) is 7.82 Å². The molecule has 0 radical (unpaired) electrons. The number of hydrogen-bond donors (Lipinski definition) is 1. The van der Waals surface area contributed by atoms with E-state index in [0.717, 1.165) is 70.6 Å². The number of phosphoric ester groups is 1. The molecule has 0 aliphatic heterocycles. The molecule has 3 atom stereocenters. The highest BCUT2D eigenvalue weighted by atomic mass is 31.2. The summed E-state index contributed by atoms with van der Waals surface area (Å²) in [5, 5.41) is 3.04. The van der Waals surface area contributed by atoms with Crippen molar-refractivity contribution in [1.82, 2.24) is 5.32 Å². The van der Waals surface area contributed by atoms with Crippen molar-refractivity contribution in [3.63, 3.8) is 0 Å². The molecule has 0 aromatic heterocycles. The number of hydrogen-bond acceptors (Lipinski definition) is 7. The SMILES string of the molecule is CCCCCC/C=C\CCCCCCCCCC(=O)NC(COP(=O)([O-])OCC[N+](C)(C)C)C(/C=C\CCCCCCCCCCCCC)OC(=O)CCCCCCCCCCCCCCCCCCCCCCCCC. The molecule has 0 heterocycles. The van der Waals surface area contributed by atoms with Crippen LogP contribution in [0.2, 0.25) is 0 Å². The van der Waals surface area contributed by atoms with E-state index >= 15 is 0 Å². The molecule has 77 heavy (non-hydrogen) atoms. The van der Waals surface area contributed by atoms with Gasteiger partial charge in [0.2, 0.25) is 5.91 Å². The topological polar surface area (TPSA) is 114 Å². The number of esters is 1. The molecule has 3 unspecified atom stereocenters. The maximum atomic E-state index is 13.5. The zero-order chi connectivity index (χ0) is 56.4. The van der Waals surface area contributed by atoms with Crippen LogP contribution in [0.15, 0.2) is 24.3 Å². The Kier molecular flexibility index (Phi) is 56.6. The molecule has 1 N–H and O–H groups in total. The number of amides is 1. The summed E-state index contributed by atoms with van der Waals surface area (Å²) in [5.41, 5.74) is 0. The Hall–Kier alpha value is -1.51. The third kappa shape index (κ3) is 58.9. The largest absolute Gasteiger partial charge is 0.756 e. The van der Waals surface area contributed by atoms with Gasteiger partial charge in [-0.3, -0.25) is 14.2 Å². The third-order valence-corrected chi connectivity index (χ3v) is 16.3. The smallest absolute Gasteiger partial charge is 0.306 e. The number of unbranched alkanes of at least 4 members (excludes halogenated alkanes) is 44. The monoisotopic (exact) mass is 1110 g/mol. The minimum absolute atomic E-state index is 0.0195. The lowest BCUT2D eigenvalue weighted by atomic mass is 10.0. The molecule has 9 nitrogen and oxygen atoms in total. The second-order valence-electron chi connectivity index (χ2n) is 24.3. The van der Waals surface area contributed by atoms with Crippen molar-refractivity contribution >= 4 is 19.7 Å². The highest BCUT2D eigenvalue weighted by Gasteiger charge is 2.27. The van der Waals surface area contributed by atoms with Gasteiger partial charge in [-0.15, -0.1) is 0 Å². The first kappa shape index (κ1) is 75.5. The van der Waals surface area contributed by atoms with Crippen LogP contribution in [0.5, 0.6) is 0 Å². The van der Waals surface area contributed by atoms with Crippen LogP contribution in [-0.2, 0) is 27.9 Å². The molecule has 0 aliphatic rings. The first-order valence-corrected chi connectivity index (χ1v) is 35.1. The molecule has 0 rings (SSSR count). The van der Waals surface area contributed by atoms with Gasteiger partial charge in [-0.25, -0.2) is 0 Å². The average molecular weight is 1110 g/mol. The fourth-order valence-corrected chi connectivity index (χ4v) is 10.9. The molecule has 0 aromatic rings. The van der Waals surface area contributed by atoms with E-state index < -0.39 is 20.0 Å². The molecule has 0 aromatic carbocycles. The Morgan fingerprint density at radius 3 is 1.12 bits per heavy atom. The zero-order valence-electron chi connectivity index (χ0n) is 52.2. The van der Waals surface area contributed by atoms with Gasteiger partial charge >= 0.3 is 5.97 Å². The fourth-order valence-electron chi connectivity index (χ4n) is 10.2. The van der Waals surface area contributed by atoms with E-state index in [1.165, 1.54) is 238 Å². The first-order valence-electron chi connectivity index (χ1n) is 33.6. The van der Waals surface area contributed by atoms with Crippen LogP contribution in [0.25, 0.3) is 0 Å². The summed E-state index contributed by atoms with van der Waals surface area (Å²) in [6, 6.07) is -0.885. The van der Waals surface area contributed by atoms with Crippen molar-refractivity contribution < 1.29 is 37.3 Å². The Morgan fingerprint density at radius 1 is 0.442 bits per heavy atom. The maximum Gasteiger partial charge on any atom is 0.306 e. The Morgan fingerprint density at radius 2 is 0.753 bits per heavy atom. The predicted molar refractivity (Wildman–Crippen MR) is 330 cm³/mol. The van der Waals surface area contributed by atoms with E-state index in [1.807, 2.05) is 33.3 Å². The number of quaternary nitrogens is 1. The van der Waals surface area contributed by atoms with E-state index in [2.05, 4.69) is 38.2 Å². The van der Waals surface area contributed by atoms with Crippen molar-refractivity contribution in [2.75, 3.05) is 40.9 Å². The number of likely N-dealkylation sites (N-methyl/N-ethyl adjacent to an activating group) is 1. The minimum Gasteiger partial charge on any atom is -0.756 e. The van der Waals surface area contributed by atoms with E-state index in [9.17, 15) is 19.0 Å². The second kappa shape index (κ2) is 57.7. The Balaban J connectivity index is 5.11. The highest BCUT2D eigenvalue weighted by molar-refractivity contribution is 7.45. The molecule has 1 amide bonds. The number of nitrogens with one attached hydrogen (secondary N) is 1. The van der Waals surface area contributed by atoms with Crippen molar-refractivity contribution in [3.8, 4) is 0 Å². The Bertz CT molecular complexity index is 1370. The fraction of sp³-hybridized carbons (Fsp3) is 0.910. The normalized spacial score (nSPS) is 13.7. The molecule has 0 fully saturated rings. The molecule has 0 saturated carbocycles. The Labute approximate surface area is 479 Å². The van der Waals surface area contributed by atoms with Crippen LogP contribution < -0.4 is 10.2 Å². The summed E-state index contributed by atoms with van der Waals surface area (Å²) in [4.78, 5) is 40.1. The number of allylic oxidation sites excluding steroid dienone is 3. The molecular weight excluding hydrogens is 976 g/mol. The van der Waals surface area contributed by atoms with E-state index in [-0.39, 0.29) is 31.5 Å². The van der Waals surface area contributed by atoms with Gasteiger partial charge < -0.3 is 28.5 Å². The summed E-state index contributed by atoms with van der Waals surface area (Å²) in [7, 11) is 1.20. The van der Waals surface area contributed by atoms with E-state index in [0.29, 0.717) is 17.4 Å². The average Bonchev–Trinajstić information content (AvgIpc) is 3.39. The quantitative estimate of drug-likeness (QED) is 0.0212. The molecule has 0 aliphatic carbocycles. The maximum absolute atomic E-state index is 13.5. The van der Waals surface area contributed by atoms with Crippen molar-refractivity contribution in [2.45, 2.75) is 354 Å². The summed E-state index contributed by atoms with van der Waals surface area (Å²) in [6.07, 6.45) is 68.6. The molecule has 0 spiro atoms. The number of carbonyl (C=O) groups excluding carboxylic acids is 2. The minimum atomic E-state index is -4.70. The van der Waals surface area contributed by atoms with Gasteiger partial charge in [-0.2, -0.15) is 0 Å². The molecular formula is C67H131N2O7P. The van der Waals surface area contributed by atoms with E-state index in [4.69, 9.17) is 13.8 Å². The zero-order valence-corrected chi connectivity index (χ0v) is 53.1. The summed E-state index contributed by atoms with van der Waals surface area (Å²) in [6.45, 7) is 6.88. The number of phosphoric acid groups is 1. The van der Waals surface area contributed by atoms with Gasteiger partial charge in [-0.05, 0) is 57.4 Å². The van der Waals surface area contributed by atoms with Crippen molar-refractivity contribution in [2.24, 2.45) is 0 Å². The van der Waals surface area contributed by atoms with Gasteiger partial charge in [0.1, 0.15) is 19.3 Å². The van der Waals surface area contributed by atoms with Crippen LogP contribution in [-0.4, -0.2) is 69.4 Å². The molecule has 0 saturated heterocycles. The predicted octanol–water partition coefficient (Wildman–Crippen LogP) is 20.3. The van der Waals surface area contributed by atoms with Gasteiger partial charge in [0.05, 0.1) is 33.8 Å². The summed E-state index contributed by atoms with van der Waals surface area (Å²) < 4.78 is 30.4. The van der Waals surface area contributed by atoms with Crippen LogP contribution in [0, 0.1) is 0 Å². The third-order valence-electron chi connectivity index (χ3n) is 15.4. The lowest BCUT2D eigenvalue weighted by molar-refractivity contribution is -0.870. The summed E-state index contributed by atoms with van der Waals surface area (Å²) >= 11 is 0. The number of ether oxygens (including phenoxy) is 1. The number of rotatable bonds is 62. The van der Waals surface area contributed by atoms with Crippen LogP contribution in [0.1, 0.15) is 342 Å². The lowest BCUT2D eigenvalue weighted by Crippen LogP contribution is -2.47. The van der Waals surface area contributed by atoms with Crippen LogP contribution >= 0.6 is 7.82 Å². The number of nitrogens with zero attached hydrogens (tertiary/aromatic N) is 1. The van der Waals surface area contributed by atoms with Crippen molar-refractivity contribution in [3.05, 3.63) is 24.3 Å². The van der Waals surface area contributed by atoms with Crippen LogP contribution in [0.3, 0.4) is 0 Å². The first-order chi connectivity index (χ1) is 37.4. The lowest BCUT2D eigenvalue weighted by Gasteiger charge is -2.30. The second-order valence-corrected chi connectivity index (χ2v) is 25.7. The molecule has 456 valence electrons. The summed E-state index contributed by atoms with van der Waals surface area (Å²) in [5.74, 6) is -0.526. The highest BCUT2D eigenvalue weighted by Crippen LogP contribution is 2.38. The number of carbonyl (C=O) groups is 2. The van der Waals surface area contributed by atoms with Crippen LogP contribution in [0.4, 0.5) is 0 Å². The van der Waals surface area contributed by atoms with Crippen molar-refractivity contribution in [1.29, 1.82) is 0 Å².